The van der Waals surface area contributed by atoms with Crippen molar-refractivity contribution < 1.29 is 12.8 Å². The topological polar surface area (TPSA) is 103 Å². The molecule has 5 rings (SSSR count). The van der Waals surface area contributed by atoms with Gasteiger partial charge in [-0.3, -0.25) is 0 Å². The van der Waals surface area contributed by atoms with Crippen LogP contribution in [-0.4, -0.2) is 35.4 Å². The van der Waals surface area contributed by atoms with E-state index in [0.717, 1.165) is 16.9 Å². The Morgan fingerprint density at radius 1 is 1.13 bits per heavy atom. The van der Waals surface area contributed by atoms with Crippen molar-refractivity contribution in [2.45, 2.75) is 30.4 Å². The lowest BCUT2D eigenvalue weighted by molar-refractivity contribution is 0.451. The van der Waals surface area contributed by atoms with Crippen molar-refractivity contribution in [3.05, 3.63) is 59.7 Å². The molecule has 0 radical (unpaired) electrons. The molecule has 2 aliphatic rings. The maximum absolute atomic E-state index is 14.3. The summed E-state index contributed by atoms with van der Waals surface area (Å²) in [5, 5.41) is 0. The van der Waals surface area contributed by atoms with E-state index in [9.17, 15) is 12.8 Å². The molecule has 2 aromatic carbocycles. The lowest BCUT2D eigenvalue weighted by Crippen LogP contribution is -2.33. The number of halogens is 1. The van der Waals surface area contributed by atoms with Gasteiger partial charge in [-0.25, -0.2) is 28.6 Å². The van der Waals surface area contributed by atoms with E-state index < -0.39 is 22.0 Å². The second-order valence-electron chi connectivity index (χ2n) is 7.48. The number of imidazole rings is 1. The molecule has 11 heteroatoms. The SMILES string of the molecule is Cc1nc2ccccc2n1C1CCN(S(=O)(=O)c2ccc(F)c(C3NNNN3)c2)C1. The zero-order chi connectivity index (χ0) is 20.9. The Hall–Kier alpha value is -2.41. The smallest absolute Gasteiger partial charge is 0.243 e. The van der Waals surface area contributed by atoms with Crippen molar-refractivity contribution in [3.63, 3.8) is 0 Å². The third kappa shape index (κ3) is 3.20. The van der Waals surface area contributed by atoms with E-state index in [1.807, 2.05) is 31.2 Å². The summed E-state index contributed by atoms with van der Waals surface area (Å²) in [5.74, 6) is 0.368. The summed E-state index contributed by atoms with van der Waals surface area (Å²) in [6.45, 7) is 2.68. The first-order chi connectivity index (χ1) is 14.4. The van der Waals surface area contributed by atoms with Gasteiger partial charge in [0.1, 0.15) is 17.8 Å². The Bertz CT molecular complexity index is 1210. The second kappa shape index (κ2) is 7.38. The van der Waals surface area contributed by atoms with Crippen molar-refractivity contribution in [1.29, 1.82) is 0 Å². The van der Waals surface area contributed by atoms with Gasteiger partial charge in [-0.05, 0) is 43.7 Å². The Labute approximate surface area is 173 Å². The summed E-state index contributed by atoms with van der Waals surface area (Å²) >= 11 is 0. The number of aromatic nitrogens is 2. The first kappa shape index (κ1) is 19.5. The molecule has 4 N–H and O–H groups in total. The van der Waals surface area contributed by atoms with Crippen LogP contribution in [0, 0.1) is 12.7 Å². The minimum absolute atomic E-state index is 0.00124. The van der Waals surface area contributed by atoms with E-state index in [-0.39, 0.29) is 16.5 Å². The number of nitrogens with zero attached hydrogens (tertiary/aromatic N) is 3. The van der Waals surface area contributed by atoms with Crippen LogP contribution in [0.3, 0.4) is 0 Å². The number of hydrogen-bond donors (Lipinski definition) is 4. The zero-order valence-electron chi connectivity index (χ0n) is 16.3. The molecule has 158 valence electrons. The lowest BCUT2D eigenvalue weighted by Gasteiger charge is -2.19. The van der Waals surface area contributed by atoms with E-state index in [2.05, 4.69) is 31.5 Å². The molecule has 0 amide bonds. The highest BCUT2D eigenvalue weighted by Crippen LogP contribution is 2.32. The Balaban J connectivity index is 1.44. The summed E-state index contributed by atoms with van der Waals surface area (Å²) in [4.78, 5) is 4.67. The van der Waals surface area contributed by atoms with Gasteiger partial charge in [-0.15, -0.1) is 0 Å². The predicted molar refractivity (Wildman–Crippen MR) is 109 cm³/mol. The number of benzene rings is 2. The number of rotatable bonds is 4. The lowest BCUT2D eigenvalue weighted by atomic mass is 10.1. The van der Waals surface area contributed by atoms with E-state index in [1.54, 1.807) is 0 Å². The van der Waals surface area contributed by atoms with Crippen LogP contribution in [0.25, 0.3) is 11.0 Å². The molecule has 2 fully saturated rings. The van der Waals surface area contributed by atoms with Crippen molar-refractivity contribution >= 4 is 21.1 Å². The number of sulfonamides is 1. The Kier molecular flexibility index (Phi) is 4.81. The number of aryl methyl sites for hydroxylation is 1. The van der Waals surface area contributed by atoms with E-state index in [4.69, 9.17) is 0 Å². The first-order valence-electron chi connectivity index (χ1n) is 9.69. The van der Waals surface area contributed by atoms with Crippen LogP contribution in [0.5, 0.6) is 0 Å². The highest BCUT2D eigenvalue weighted by molar-refractivity contribution is 7.89. The minimum atomic E-state index is -3.76. The van der Waals surface area contributed by atoms with E-state index in [1.165, 1.54) is 22.5 Å². The van der Waals surface area contributed by atoms with Crippen LogP contribution in [0.1, 0.15) is 30.0 Å². The van der Waals surface area contributed by atoms with Crippen LogP contribution >= 0.6 is 0 Å². The summed E-state index contributed by atoms with van der Waals surface area (Å²) in [5.41, 5.74) is 12.9. The van der Waals surface area contributed by atoms with Crippen molar-refractivity contribution in [3.8, 4) is 0 Å². The molecule has 0 spiro atoms. The Morgan fingerprint density at radius 2 is 1.90 bits per heavy atom. The molecule has 3 aromatic rings. The summed E-state index contributed by atoms with van der Waals surface area (Å²) in [6, 6.07) is 11.7. The van der Waals surface area contributed by atoms with Gasteiger partial charge in [-0.2, -0.15) is 15.4 Å². The molecule has 1 atom stereocenters. The van der Waals surface area contributed by atoms with Crippen LogP contribution in [0.4, 0.5) is 4.39 Å². The second-order valence-corrected chi connectivity index (χ2v) is 9.42. The van der Waals surface area contributed by atoms with Gasteiger partial charge in [0.05, 0.1) is 22.0 Å². The van der Waals surface area contributed by atoms with Gasteiger partial charge >= 0.3 is 0 Å². The minimum Gasteiger partial charge on any atom is -0.324 e. The molecule has 0 saturated carbocycles. The van der Waals surface area contributed by atoms with Gasteiger partial charge in [0.2, 0.25) is 10.0 Å². The number of hydrazine groups is 3. The molecule has 1 unspecified atom stereocenters. The molecule has 9 nitrogen and oxygen atoms in total. The van der Waals surface area contributed by atoms with Gasteiger partial charge in [0.25, 0.3) is 0 Å². The maximum Gasteiger partial charge on any atom is 0.243 e. The van der Waals surface area contributed by atoms with Crippen LogP contribution in [0.15, 0.2) is 47.4 Å². The molecular formula is C19H22FN7O2S. The molecule has 0 aliphatic carbocycles. The zero-order valence-corrected chi connectivity index (χ0v) is 17.1. The van der Waals surface area contributed by atoms with Gasteiger partial charge in [-0.1, -0.05) is 12.1 Å². The van der Waals surface area contributed by atoms with Gasteiger partial charge < -0.3 is 4.57 Å². The Morgan fingerprint density at radius 3 is 2.70 bits per heavy atom. The average Bonchev–Trinajstić information content (AvgIpc) is 3.47. The third-order valence-corrected chi connectivity index (χ3v) is 7.54. The first-order valence-corrected chi connectivity index (χ1v) is 11.1. The normalized spacial score (nSPS) is 21.1. The molecule has 3 heterocycles. The fourth-order valence-corrected chi connectivity index (χ4v) is 5.75. The quantitative estimate of drug-likeness (QED) is 0.493. The van der Waals surface area contributed by atoms with Crippen LogP contribution in [-0.2, 0) is 10.0 Å². The van der Waals surface area contributed by atoms with Crippen LogP contribution < -0.4 is 21.9 Å². The van der Waals surface area contributed by atoms with Gasteiger partial charge in [0, 0.05) is 18.7 Å². The number of fused-ring (bicyclic) bond motifs is 1. The summed E-state index contributed by atoms with van der Waals surface area (Å²) < 4.78 is 44.4. The monoisotopic (exact) mass is 431 g/mol. The number of nitrogens with one attached hydrogen (secondary N) is 4. The largest absolute Gasteiger partial charge is 0.324 e. The van der Waals surface area contributed by atoms with E-state index in [0.29, 0.717) is 19.5 Å². The summed E-state index contributed by atoms with van der Waals surface area (Å²) in [6.07, 6.45) is 0.0973. The standard InChI is InChI=1S/C19H22FN7O2S/c1-12-21-17-4-2-3-5-18(17)27(12)13-8-9-26(11-13)30(28,29)14-6-7-16(20)15(10-14)19-22-24-25-23-19/h2-7,10,13,19,22-25H,8-9,11H2,1H3. The predicted octanol–water partition coefficient (Wildman–Crippen LogP) is 1.24. The van der Waals surface area contributed by atoms with Crippen LogP contribution in [0.2, 0.25) is 0 Å². The third-order valence-electron chi connectivity index (χ3n) is 5.68. The molecular weight excluding hydrogens is 409 g/mol. The highest BCUT2D eigenvalue weighted by Gasteiger charge is 2.35. The number of hydrogen-bond acceptors (Lipinski definition) is 7. The van der Waals surface area contributed by atoms with Crippen molar-refractivity contribution in [2.24, 2.45) is 0 Å². The average molecular weight is 431 g/mol. The van der Waals surface area contributed by atoms with Crippen molar-refractivity contribution in [1.82, 2.24) is 35.8 Å². The fraction of sp³-hybridized carbons (Fsp3) is 0.316. The number of para-hydroxylation sites is 2. The highest BCUT2D eigenvalue weighted by atomic mass is 32.2. The van der Waals surface area contributed by atoms with Crippen molar-refractivity contribution in [2.75, 3.05) is 13.1 Å². The maximum atomic E-state index is 14.3. The fourth-order valence-electron chi connectivity index (χ4n) is 4.23. The molecule has 30 heavy (non-hydrogen) atoms. The molecule has 2 saturated heterocycles. The molecule has 0 bridgehead atoms. The van der Waals surface area contributed by atoms with Gasteiger partial charge in [0.15, 0.2) is 0 Å². The van der Waals surface area contributed by atoms with E-state index >= 15 is 0 Å². The summed E-state index contributed by atoms with van der Waals surface area (Å²) in [7, 11) is -3.76. The molecule has 2 aliphatic heterocycles. The molecule has 1 aromatic heterocycles.